The number of hydrogen-bond acceptors (Lipinski definition) is 4. The van der Waals surface area contributed by atoms with E-state index in [0.717, 1.165) is 16.6 Å². The quantitative estimate of drug-likeness (QED) is 0.748. The third kappa shape index (κ3) is 2.02. The highest BCUT2D eigenvalue weighted by Gasteiger charge is 2.12. The Hall–Kier alpha value is -2.40. The molecule has 0 aliphatic rings. The van der Waals surface area contributed by atoms with Gasteiger partial charge in [-0.25, -0.2) is 0 Å². The van der Waals surface area contributed by atoms with Crippen molar-refractivity contribution in [3.05, 3.63) is 47.0 Å². The van der Waals surface area contributed by atoms with Crippen LogP contribution in [0.5, 0.6) is 5.75 Å². The fraction of sp³-hybridized carbons (Fsp3) is 0.200. The number of rotatable bonds is 2. The minimum Gasteiger partial charge on any atom is -0.505 e. The minimum absolute atomic E-state index is 0.0893. The van der Waals surface area contributed by atoms with Gasteiger partial charge in [-0.15, -0.1) is 15.0 Å². The molecule has 5 heteroatoms. The molecule has 102 valence electrons. The molecule has 0 unspecified atom stereocenters. The van der Waals surface area contributed by atoms with Gasteiger partial charge in [-0.05, 0) is 54.8 Å². The second kappa shape index (κ2) is 4.61. The van der Waals surface area contributed by atoms with Crippen molar-refractivity contribution in [2.45, 2.75) is 20.5 Å². The lowest BCUT2D eigenvalue weighted by Gasteiger charge is -2.08. The summed E-state index contributed by atoms with van der Waals surface area (Å²) in [6.45, 7) is 3.69. The Kier molecular flexibility index (Phi) is 2.91. The van der Waals surface area contributed by atoms with E-state index in [1.807, 2.05) is 25.1 Å². The predicted octanol–water partition coefficient (Wildman–Crippen LogP) is 2.24. The lowest BCUT2D eigenvalue weighted by molar-refractivity contribution is 0.281. The van der Waals surface area contributed by atoms with Crippen LogP contribution in [0.15, 0.2) is 30.3 Å². The molecule has 0 amide bonds. The molecule has 1 aromatic heterocycles. The van der Waals surface area contributed by atoms with Crippen LogP contribution in [0.4, 0.5) is 0 Å². The van der Waals surface area contributed by atoms with E-state index in [-0.39, 0.29) is 12.4 Å². The summed E-state index contributed by atoms with van der Waals surface area (Å²) in [5.74, 6) is 0.124. The van der Waals surface area contributed by atoms with E-state index in [1.165, 1.54) is 4.80 Å². The smallest absolute Gasteiger partial charge is 0.146 e. The molecule has 5 nitrogen and oxygen atoms in total. The Morgan fingerprint density at radius 3 is 2.55 bits per heavy atom. The van der Waals surface area contributed by atoms with E-state index in [9.17, 15) is 10.2 Å². The summed E-state index contributed by atoms with van der Waals surface area (Å²) >= 11 is 0. The van der Waals surface area contributed by atoms with E-state index in [1.54, 1.807) is 19.1 Å². The van der Waals surface area contributed by atoms with Crippen LogP contribution in [0.3, 0.4) is 0 Å². The lowest BCUT2D eigenvalue weighted by Crippen LogP contribution is -2.01. The van der Waals surface area contributed by atoms with Crippen LogP contribution >= 0.6 is 0 Å². The fourth-order valence-corrected chi connectivity index (χ4v) is 2.21. The van der Waals surface area contributed by atoms with Crippen LogP contribution in [0, 0.1) is 13.8 Å². The average Bonchev–Trinajstić information content (AvgIpc) is 2.84. The van der Waals surface area contributed by atoms with E-state index < -0.39 is 0 Å². The molecule has 0 atom stereocenters. The largest absolute Gasteiger partial charge is 0.505 e. The number of nitrogens with zero attached hydrogens (tertiary/aromatic N) is 3. The summed E-state index contributed by atoms with van der Waals surface area (Å²) in [7, 11) is 0. The fourth-order valence-electron chi connectivity index (χ4n) is 2.21. The predicted molar refractivity (Wildman–Crippen MR) is 75.9 cm³/mol. The van der Waals surface area contributed by atoms with Crippen LogP contribution in [0.25, 0.3) is 16.7 Å². The average molecular weight is 269 g/mol. The molecule has 0 aliphatic carbocycles. The molecule has 0 saturated carbocycles. The van der Waals surface area contributed by atoms with E-state index in [2.05, 4.69) is 10.2 Å². The van der Waals surface area contributed by atoms with Crippen LogP contribution in [-0.2, 0) is 6.61 Å². The van der Waals surface area contributed by atoms with E-state index in [4.69, 9.17) is 0 Å². The standard InChI is InChI=1S/C15H15N3O2/c1-9-3-4-12-13(5-9)17-18(16-12)14-7-11(8-19)6-10(2)15(14)20/h3-7,19-20H,8H2,1-2H3. The summed E-state index contributed by atoms with van der Waals surface area (Å²) in [4.78, 5) is 1.41. The SMILES string of the molecule is Cc1ccc2nn(-c3cc(CO)cc(C)c3O)nc2c1. The van der Waals surface area contributed by atoms with Crippen molar-refractivity contribution in [1.82, 2.24) is 15.0 Å². The summed E-state index contributed by atoms with van der Waals surface area (Å²) in [5.41, 5.74) is 4.52. The van der Waals surface area contributed by atoms with Gasteiger partial charge in [-0.1, -0.05) is 6.07 Å². The highest BCUT2D eigenvalue weighted by Crippen LogP contribution is 2.27. The van der Waals surface area contributed by atoms with Gasteiger partial charge in [0.25, 0.3) is 0 Å². The highest BCUT2D eigenvalue weighted by molar-refractivity contribution is 5.74. The zero-order valence-corrected chi connectivity index (χ0v) is 11.3. The van der Waals surface area contributed by atoms with E-state index >= 15 is 0 Å². The third-order valence-corrected chi connectivity index (χ3v) is 3.27. The Morgan fingerprint density at radius 1 is 1.05 bits per heavy atom. The Labute approximate surface area is 116 Å². The summed E-state index contributed by atoms with van der Waals surface area (Å²) in [6.07, 6.45) is 0. The third-order valence-electron chi connectivity index (χ3n) is 3.27. The maximum atomic E-state index is 10.2. The van der Waals surface area contributed by atoms with Crippen molar-refractivity contribution in [2.24, 2.45) is 0 Å². The number of phenols is 1. The van der Waals surface area contributed by atoms with E-state index in [0.29, 0.717) is 16.8 Å². The molecular weight excluding hydrogens is 254 g/mol. The lowest BCUT2D eigenvalue weighted by atomic mass is 10.1. The van der Waals surface area contributed by atoms with Crippen molar-refractivity contribution in [2.75, 3.05) is 0 Å². The van der Waals surface area contributed by atoms with Gasteiger partial charge >= 0.3 is 0 Å². The maximum Gasteiger partial charge on any atom is 0.146 e. The highest BCUT2D eigenvalue weighted by atomic mass is 16.3. The van der Waals surface area contributed by atoms with Gasteiger partial charge in [0.1, 0.15) is 22.5 Å². The van der Waals surface area contributed by atoms with Crippen molar-refractivity contribution in [1.29, 1.82) is 0 Å². The normalized spacial score (nSPS) is 11.2. The second-order valence-electron chi connectivity index (χ2n) is 4.92. The van der Waals surface area contributed by atoms with Crippen molar-refractivity contribution < 1.29 is 10.2 Å². The maximum absolute atomic E-state index is 10.2. The first kappa shape index (κ1) is 12.6. The molecule has 0 fully saturated rings. The van der Waals surface area contributed by atoms with Crippen LogP contribution < -0.4 is 0 Å². The molecule has 1 heterocycles. The number of aliphatic hydroxyl groups excluding tert-OH is 1. The molecule has 2 aromatic carbocycles. The van der Waals surface area contributed by atoms with Gasteiger partial charge in [0.15, 0.2) is 0 Å². The molecule has 0 aliphatic heterocycles. The number of aryl methyl sites for hydroxylation is 2. The molecular formula is C15H15N3O2. The number of hydrogen-bond donors (Lipinski definition) is 2. The summed E-state index contributed by atoms with van der Waals surface area (Å²) < 4.78 is 0. The molecule has 0 bridgehead atoms. The first-order valence-corrected chi connectivity index (χ1v) is 6.36. The first-order valence-electron chi connectivity index (χ1n) is 6.36. The van der Waals surface area contributed by atoms with Gasteiger partial charge in [0.05, 0.1) is 6.61 Å². The molecule has 3 rings (SSSR count). The zero-order chi connectivity index (χ0) is 14.3. The van der Waals surface area contributed by atoms with Gasteiger partial charge < -0.3 is 10.2 Å². The van der Waals surface area contributed by atoms with Crippen molar-refractivity contribution >= 4 is 11.0 Å². The molecule has 3 aromatic rings. The number of fused-ring (bicyclic) bond motifs is 1. The Bertz CT molecular complexity index is 793. The molecule has 20 heavy (non-hydrogen) atoms. The number of phenolic OH excluding ortho intramolecular Hbond substituents is 1. The second-order valence-corrected chi connectivity index (χ2v) is 4.92. The zero-order valence-electron chi connectivity index (χ0n) is 11.3. The molecule has 2 N–H and O–H groups in total. The van der Waals surface area contributed by atoms with Gasteiger partial charge in [-0.3, -0.25) is 0 Å². The Morgan fingerprint density at radius 2 is 1.80 bits per heavy atom. The number of aromatic hydroxyl groups is 1. The van der Waals surface area contributed by atoms with Gasteiger partial charge in [0, 0.05) is 0 Å². The number of aromatic nitrogens is 3. The summed E-state index contributed by atoms with van der Waals surface area (Å²) in [5, 5.41) is 28.2. The first-order chi connectivity index (χ1) is 9.58. The summed E-state index contributed by atoms with van der Waals surface area (Å²) in [6, 6.07) is 9.24. The topological polar surface area (TPSA) is 71.2 Å². The molecule has 0 radical (unpaired) electrons. The minimum atomic E-state index is -0.0893. The van der Waals surface area contributed by atoms with Crippen LogP contribution in [0.1, 0.15) is 16.7 Å². The monoisotopic (exact) mass is 269 g/mol. The van der Waals surface area contributed by atoms with Crippen molar-refractivity contribution in [3.63, 3.8) is 0 Å². The van der Waals surface area contributed by atoms with Gasteiger partial charge in [0.2, 0.25) is 0 Å². The number of aliphatic hydroxyl groups is 1. The molecule has 0 spiro atoms. The van der Waals surface area contributed by atoms with Crippen LogP contribution in [-0.4, -0.2) is 25.2 Å². The van der Waals surface area contributed by atoms with Crippen molar-refractivity contribution in [3.8, 4) is 11.4 Å². The Balaban J connectivity index is 2.22. The van der Waals surface area contributed by atoms with Crippen LogP contribution in [0.2, 0.25) is 0 Å². The molecule has 0 saturated heterocycles. The number of benzene rings is 2. The van der Waals surface area contributed by atoms with Gasteiger partial charge in [-0.2, -0.15) is 0 Å².